The van der Waals surface area contributed by atoms with Crippen molar-refractivity contribution in [2.24, 2.45) is 0 Å². The average molecular weight is 310 g/mol. The zero-order valence-corrected chi connectivity index (χ0v) is 12.9. The van der Waals surface area contributed by atoms with Crippen LogP contribution in [0.25, 0.3) is 0 Å². The third kappa shape index (κ3) is 3.29. The number of nitrogens with zero attached hydrogens (tertiary/aromatic N) is 2. The summed E-state index contributed by atoms with van der Waals surface area (Å²) in [7, 11) is 0. The molecule has 4 nitrogen and oxygen atoms in total. The Balaban J connectivity index is 2.29. The Bertz CT molecular complexity index is 598. The molecule has 2 aromatic heterocycles. The highest BCUT2D eigenvalue weighted by Gasteiger charge is 2.22. The molecule has 2 N–H and O–H groups in total. The van der Waals surface area contributed by atoms with E-state index in [2.05, 4.69) is 4.98 Å². The summed E-state index contributed by atoms with van der Waals surface area (Å²) >= 11 is 7.48. The molecule has 6 heteroatoms. The van der Waals surface area contributed by atoms with Crippen LogP contribution >= 0.6 is 22.9 Å². The summed E-state index contributed by atoms with van der Waals surface area (Å²) < 4.78 is 0. The number of hydrogen-bond acceptors (Lipinski definition) is 4. The van der Waals surface area contributed by atoms with Crippen LogP contribution < -0.4 is 5.73 Å². The van der Waals surface area contributed by atoms with Crippen molar-refractivity contribution in [3.63, 3.8) is 0 Å². The molecule has 0 bridgehead atoms. The van der Waals surface area contributed by atoms with Crippen molar-refractivity contribution in [1.82, 2.24) is 9.88 Å². The van der Waals surface area contributed by atoms with Crippen LogP contribution in [0.1, 0.15) is 29.1 Å². The van der Waals surface area contributed by atoms with Gasteiger partial charge in [-0.05, 0) is 31.4 Å². The molecule has 0 fully saturated rings. The summed E-state index contributed by atoms with van der Waals surface area (Å²) in [6.07, 6.45) is 1.42. The van der Waals surface area contributed by atoms with Crippen LogP contribution in [0.4, 0.5) is 5.69 Å². The molecule has 0 saturated heterocycles. The molecule has 1 amide bonds. The lowest BCUT2D eigenvalue weighted by Gasteiger charge is -2.26. The number of amides is 1. The molecular weight excluding hydrogens is 294 g/mol. The molecule has 2 aromatic rings. The highest BCUT2D eigenvalue weighted by atomic mass is 35.5. The minimum absolute atomic E-state index is 0.0657. The van der Waals surface area contributed by atoms with E-state index in [0.717, 1.165) is 4.88 Å². The van der Waals surface area contributed by atoms with Gasteiger partial charge in [0.2, 0.25) is 0 Å². The van der Waals surface area contributed by atoms with Gasteiger partial charge in [0.05, 0.1) is 24.0 Å². The van der Waals surface area contributed by atoms with Gasteiger partial charge in [0.15, 0.2) is 0 Å². The van der Waals surface area contributed by atoms with Gasteiger partial charge in [0.1, 0.15) is 5.15 Å². The predicted molar refractivity (Wildman–Crippen MR) is 83.0 cm³/mol. The van der Waals surface area contributed by atoms with Crippen molar-refractivity contribution >= 4 is 34.5 Å². The molecule has 0 unspecified atom stereocenters. The summed E-state index contributed by atoms with van der Waals surface area (Å²) in [6, 6.07) is 5.57. The molecule has 0 radical (unpaired) electrons. The Morgan fingerprint density at radius 1 is 1.55 bits per heavy atom. The number of anilines is 1. The maximum atomic E-state index is 12.6. The molecule has 0 aliphatic rings. The Kier molecular flexibility index (Phi) is 4.62. The molecule has 0 atom stereocenters. The smallest absolute Gasteiger partial charge is 0.256 e. The summed E-state index contributed by atoms with van der Waals surface area (Å²) in [6.45, 7) is 4.52. The van der Waals surface area contributed by atoms with Crippen LogP contribution in [0.15, 0.2) is 29.8 Å². The number of aromatic nitrogens is 1. The highest BCUT2D eigenvalue weighted by Crippen LogP contribution is 2.21. The number of halogens is 1. The zero-order chi connectivity index (χ0) is 14.7. The molecule has 2 rings (SSSR count). The quantitative estimate of drug-likeness (QED) is 0.880. The summed E-state index contributed by atoms with van der Waals surface area (Å²) in [5.74, 6) is -0.129. The first kappa shape index (κ1) is 14.8. The van der Waals surface area contributed by atoms with Crippen LogP contribution in [0.5, 0.6) is 0 Å². The number of rotatable bonds is 4. The Hall–Kier alpha value is -1.59. The lowest BCUT2D eigenvalue weighted by atomic mass is 10.1. The normalized spacial score (nSPS) is 10.8. The van der Waals surface area contributed by atoms with E-state index < -0.39 is 0 Å². The molecule has 0 aliphatic carbocycles. The number of nitrogen functional groups attached to an aromatic ring is 1. The number of hydrogen-bond donors (Lipinski definition) is 1. The second-order valence-electron chi connectivity index (χ2n) is 4.70. The van der Waals surface area contributed by atoms with E-state index in [9.17, 15) is 4.79 Å². The molecule has 2 heterocycles. The van der Waals surface area contributed by atoms with Crippen LogP contribution in [-0.4, -0.2) is 21.8 Å². The molecule has 106 valence electrons. The third-order valence-corrected chi connectivity index (χ3v) is 3.99. The zero-order valence-electron chi connectivity index (χ0n) is 11.3. The summed E-state index contributed by atoms with van der Waals surface area (Å²) in [5.41, 5.74) is 6.58. The van der Waals surface area contributed by atoms with Gasteiger partial charge >= 0.3 is 0 Å². The summed E-state index contributed by atoms with van der Waals surface area (Å²) in [4.78, 5) is 19.4. The van der Waals surface area contributed by atoms with Gasteiger partial charge in [0.25, 0.3) is 5.91 Å². The fourth-order valence-electron chi connectivity index (χ4n) is 1.84. The first-order valence-corrected chi connectivity index (χ1v) is 7.49. The molecule has 0 aromatic carbocycles. The second kappa shape index (κ2) is 6.24. The summed E-state index contributed by atoms with van der Waals surface area (Å²) in [5, 5.41) is 2.26. The van der Waals surface area contributed by atoms with Crippen molar-refractivity contribution < 1.29 is 4.79 Å². The topological polar surface area (TPSA) is 59.2 Å². The van der Waals surface area contributed by atoms with E-state index in [1.54, 1.807) is 16.2 Å². The average Bonchev–Trinajstić information content (AvgIpc) is 2.90. The van der Waals surface area contributed by atoms with Crippen molar-refractivity contribution in [2.45, 2.75) is 26.4 Å². The van der Waals surface area contributed by atoms with Gasteiger partial charge in [-0.2, -0.15) is 0 Å². The first-order valence-electron chi connectivity index (χ1n) is 6.23. The fraction of sp³-hybridized carbons (Fsp3) is 0.286. The van der Waals surface area contributed by atoms with E-state index in [4.69, 9.17) is 17.3 Å². The number of pyridine rings is 1. The van der Waals surface area contributed by atoms with Crippen LogP contribution in [0.2, 0.25) is 5.15 Å². The SMILES string of the molecule is CC(C)N(Cc1cccs1)C(=O)c1cc(Cl)ncc1N. The van der Waals surface area contributed by atoms with Crippen LogP contribution in [-0.2, 0) is 6.54 Å². The van der Waals surface area contributed by atoms with Crippen molar-refractivity contribution in [3.8, 4) is 0 Å². The van der Waals surface area contributed by atoms with Crippen molar-refractivity contribution in [1.29, 1.82) is 0 Å². The van der Waals surface area contributed by atoms with E-state index in [-0.39, 0.29) is 17.1 Å². The number of nitrogens with two attached hydrogens (primary N) is 1. The molecule has 0 aliphatic heterocycles. The Labute approximate surface area is 127 Å². The Morgan fingerprint density at radius 2 is 2.30 bits per heavy atom. The predicted octanol–water partition coefficient (Wildman–Crippen LogP) is 3.43. The van der Waals surface area contributed by atoms with Gasteiger partial charge in [-0.3, -0.25) is 4.79 Å². The van der Waals surface area contributed by atoms with Crippen molar-refractivity contribution in [2.75, 3.05) is 5.73 Å². The van der Waals surface area contributed by atoms with Crippen LogP contribution in [0, 0.1) is 0 Å². The molecular formula is C14H16ClN3OS. The van der Waals surface area contributed by atoms with Gasteiger partial charge in [-0.1, -0.05) is 17.7 Å². The van der Waals surface area contributed by atoms with E-state index in [0.29, 0.717) is 17.8 Å². The van der Waals surface area contributed by atoms with Gasteiger partial charge in [0, 0.05) is 10.9 Å². The lowest BCUT2D eigenvalue weighted by Crippen LogP contribution is -2.36. The van der Waals surface area contributed by atoms with Crippen molar-refractivity contribution in [3.05, 3.63) is 45.4 Å². The number of carbonyl (C=O) groups is 1. The van der Waals surface area contributed by atoms with Gasteiger partial charge in [-0.15, -0.1) is 11.3 Å². The maximum Gasteiger partial charge on any atom is 0.256 e. The fourth-order valence-corrected chi connectivity index (χ4v) is 2.70. The van der Waals surface area contributed by atoms with Gasteiger partial charge in [-0.25, -0.2) is 4.98 Å². The van der Waals surface area contributed by atoms with E-state index in [1.807, 2.05) is 31.4 Å². The monoisotopic (exact) mass is 309 g/mol. The van der Waals surface area contributed by atoms with Crippen LogP contribution in [0.3, 0.4) is 0 Å². The number of carbonyl (C=O) groups excluding carboxylic acids is 1. The third-order valence-electron chi connectivity index (χ3n) is 2.92. The minimum atomic E-state index is -0.129. The molecule has 0 spiro atoms. The van der Waals surface area contributed by atoms with E-state index >= 15 is 0 Å². The Morgan fingerprint density at radius 3 is 2.90 bits per heavy atom. The van der Waals surface area contributed by atoms with E-state index in [1.165, 1.54) is 12.3 Å². The maximum absolute atomic E-state index is 12.6. The standard InChI is InChI=1S/C14H16ClN3OS/c1-9(2)18(8-10-4-3-5-20-10)14(19)11-6-13(15)17-7-12(11)16/h3-7,9H,8,16H2,1-2H3. The van der Waals surface area contributed by atoms with Gasteiger partial charge < -0.3 is 10.6 Å². The molecule has 20 heavy (non-hydrogen) atoms. The minimum Gasteiger partial charge on any atom is -0.397 e. The first-order chi connectivity index (χ1) is 9.49. The molecule has 0 saturated carbocycles. The highest BCUT2D eigenvalue weighted by molar-refractivity contribution is 7.09. The lowest BCUT2D eigenvalue weighted by molar-refractivity contribution is 0.0693. The number of thiophene rings is 1. The largest absolute Gasteiger partial charge is 0.397 e. The second-order valence-corrected chi connectivity index (χ2v) is 6.12.